The third-order valence-electron chi connectivity index (χ3n) is 10.6. The second kappa shape index (κ2) is 48.9. The van der Waals surface area contributed by atoms with E-state index in [0.29, 0.717) is 6.42 Å². The zero-order valence-corrected chi connectivity index (χ0v) is 41.1. The van der Waals surface area contributed by atoms with Gasteiger partial charge in [-0.2, -0.15) is 0 Å². The number of carbonyl (C=O) groups excluding carboxylic acids is 2. The van der Waals surface area contributed by atoms with Crippen molar-refractivity contribution in [3.63, 3.8) is 0 Å². The number of ether oxygens (including phenoxy) is 1. The van der Waals surface area contributed by atoms with Gasteiger partial charge in [0.1, 0.15) is 12.7 Å². The van der Waals surface area contributed by atoms with Crippen LogP contribution in [0.2, 0.25) is 0 Å². The number of unbranched alkanes of at least 4 members (excludes halogenated alkanes) is 22. The Morgan fingerprint density at radius 1 is 0.492 bits per heavy atom. The van der Waals surface area contributed by atoms with Crippen molar-refractivity contribution in [3.8, 4) is 0 Å². The lowest BCUT2D eigenvalue weighted by Gasteiger charge is -2.15. The van der Waals surface area contributed by atoms with Crippen LogP contribution in [-0.2, 0) is 27.9 Å². The zero-order chi connectivity index (χ0) is 46.0. The molecule has 0 saturated heterocycles. The molecule has 0 aliphatic rings. The van der Waals surface area contributed by atoms with Crippen LogP contribution in [-0.4, -0.2) is 54.3 Å². The van der Waals surface area contributed by atoms with Gasteiger partial charge in [0.2, 0.25) is 5.91 Å². The molecular formula is C53H94NO8P. The smallest absolute Gasteiger partial charge is 0.463 e. The minimum atomic E-state index is -4.44. The Bertz CT molecular complexity index is 1260. The van der Waals surface area contributed by atoms with Gasteiger partial charge in [-0.1, -0.05) is 189 Å². The average molecular weight is 904 g/mol. The molecule has 9 nitrogen and oxygen atoms in total. The molecule has 0 aromatic carbocycles. The Hall–Kier alpha value is -2.55. The summed E-state index contributed by atoms with van der Waals surface area (Å²) in [6.45, 7) is 3.47. The molecule has 0 saturated carbocycles. The number of aliphatic hydroxyl groups excluding tert-OH is 1. The van der Waals surface area contributed by atoms with Crippen molar-refractivity contribution in [2.45, 2.75) is 225 Å². The number of phosphoric acid groups is 1. The lowest BCUT2D eigenvalue weighted by atomic mass is 10.0. The Morgan fingerprint density at radius 2 is 0.857 bits per heavy atom. The first-order chi connectivity index (χ1) is 30.8. The Balaban J connectivity index is 3.61. The fourth-order valence-corrected chi connectivity index (χ4v) is 7.50. The standard InChI is InChI=1S/C53H94NO8P/c1-3-5-7-9-11-13-15-17-19-21-23-24-25-26-28-30-32-34-36-38-40-42-44-46-53(57)60-49-51(55)50-62-63(58,59)61-48-47-54-52(56)45-43-41-39-37-35-33-31-29-27-22-20-18-16-14-12-10-8-6-4-2/h11-14,17-20,27,29,33,35,51,55H,3-10,15-16,21-26,28,30-32,34,36-50H2,1-2H3,(H,54,56)(H,58,59)/b13-11-,14-12-,19-17-,20-18-,29-27-,35-33-. The van der Waals surface area contributed by atoms with Gasteiger partial charge in [-0.15, -0.1) is 0 Å². The largest absolute Gasteiger partial charge is 0.472 e. The molecule has 0 heterocycles. The number of hydrogen-bond acceptors (Lipinski definition) is 7. The topological polar surface area (TPSA) is 131 Å². The molecule has 0 bridgehead atoms. The van der Waals surface area contributed by atoms with Crippen LogP contribution in [0.3, 0.4) is 0 Å². The van der Waals surface area contributed by atoms with Crippen molar-refractivity contribution in [2.75, 3.05) is 26.4 Å². The molecule has 3 N–H and O–H groups in total. The first kappa shape index (κ1) is 60.5. The van der Waals surface area contributed by atoms with Gasteiger partial charge < -0.3 is 20.1 Å². The fourth-order valence-electron chi connectivity index (χ4n) is 6.75. The summed E-state index contributed by atoms with van der Waals surface area (Å²) in [7, 11) is -4.44. The number of amides is 1. The van der Waals surface area contributed by atoms with Crippen LogP contribution in [0, 0.1) is 0 Å². The van der Waals surface area contributed by atoms with E-state index in [9.17, 15) is 24.2 Å². The van der Waals surface area contributed by atoms with Crippen LogP contribution >= 0.6 is 7.82 Å². The van der Waals surface area contributed by atoms with E-state index in [1.807, 2.05) is 0 Å². The lowest BCUT2D eigenvalue weighted by molar-refractivity contribution is -0.147. The van der Waals surface area contributed by atoms with Gasteiger partial charge in [0.15, 0.2) is 0 Å². The number of nitrogens with one attached hydrogen (secondary N) is 1. The summed E-state index contributed by atoms with van der Waals surface area (Å²) in [6, 6.07) is 0. The van der Waals surface area contributed by atoms with Crippen molar-refractivity contribution in [3.05, 3.63) is 72.9 Å². The molecule has 10 heteroatoms. The van der Waals surface area contributed by atoms with Crippen LogP contribution in [0.5, 0.6) is 0 Å². The number of esters is 1. The van der Waals surface area contributed by atoms with Crippen molar-refractivity contribution in [1.82, 2.24) is 5.32 Å². The van der Waals surface area contributed by atoms with Gasteiger partial charge in [0.25, 0.3) is 0 Å². The van der Waals surface area contributed by atoms with Crippen LogP contribution in [0.4, 0.5) is 0 Å². The van der Waals surface area contributed by atoms with Crippen molar-refractivity contribution in [1.29, 1.82) is 0 Å². The molecule has 2 unspecified atom stereocenters. The number of hydrogen-bond donors (Lipinski definition) is 3. The number of aliphatic hydroxyl groups is 1. The fraction of sp³-hybridized carbons (Fsp3) is 0.736. The van der Waals surface area contributed by atoms with E-state index in [0.717, 1.165) is 70.6 Å². The summed E-state index contributed by atoms with van der Waals surface area (Å²) in [5.74, 6) is -0.548. The summed E-state index contributed by atoms with van der Waals surface area (Å²) in [5.41, 5.74) is 0. The summed E-state index contributed by atoms with van der Waals surface area (Å²) >= 11 is 0. The van der Waals surface area contributed by atoms with E-state index in [-0.39, 0.29) is 32.1 Å². The third kappa shape index (κ3) is 50.3. The van der Waals surface area contributed by atoms with E-state index in [4.69, 9.17) is 13.8 Å². The van der Waals surface area contributed by atoms with Gasteiger partial charge in [-0.05, 0) is 89.9 Å². The Morgan fingerprint density at radius 3 is 1.30 bits per heavy atom. The van der Waals surface area contributed by atoms with Gasteiger partial charge in [0.05, 0.1) is 13.2 Å². The molecule has 0 spiro atoms. The maximum absolute atomic E-state index is 12.1. The highest BCUT2D eigenvalue weighted by Gasteiger charge is 2.23. The molecule has 0 aromatic heterocycles. The maximum atomic E-state index is 12.1. The van der Waals surface area contributed by atoms with Crippen LogP contribution in [0.1, 0.15) is 219 Å². The highest BCUT2D eigenvalue weighted by molar-refractivity contribution is 7.47. The molecule has 0 fully saturated rings. The average Bonchev–Trinajstić information content (AvgIpc) is 3.27. The molecule has 364 valence electrons. The molecule has 63 heavy (non-hydrogen) atoms. The van der Waals surface area contributed by atoms with E-state index in [1.54, 1.807) is 0 Å². The van der Waals surface area contributed by atoms with Gasteiger partial charge in [0, 0.05) is 19.4 Å². The predicted octanol–water partition coefficient (Wildman–Crippen LogP) is 15.0. The monoisotopic (exact) mass is 904 g/mol. The Labute approximate surface area is 386 Å². The SMILES string of the molecule is CCCCC/C=C\C/C=C\C/C=C\C/C=C\CCCCCC(=O)NCCOP(=O)(O)OCC(O)COC(=O)CCCCCCCCCCCCCCC/C=C\C/C=C\CCCCC. The van der Waals surface area contributed by atoms with E-state index in [2.05, 4.69) is 92.1 Å². The first-order valence-corrected chi connectivity index (χ1v) is 26.9. The van der Waals surface area contributed by atoms with E-state index in [1.165, 1.54) is 122 Å². The molecule has 0 aromatic rings. The maximum Gasteiger partial charge on any atom is 0.472 e. The van der Waals surface area contributed by atoms with Crippen LogP contribution in [0.15, 0.2) is 72.9 Å². The van der Waals surface area contributed by atoms with Crippen LogP contribution in [0.25, 0.3) is 0 Å². The molecule has 0 aliphatic carbocycles. The molecule has 1 amide bonds. The minimum absolute atomic E-state index is 0.0616. The summed E-state index contributed by atoms with van der Waals surface area (Å²) in [6.07, 6.45) is 61.2. The predicted molar refractivity (Wildman–Crippen MR) is 266 cm³/mol. The summed E-state index contributed by atoms with van der Waals surface area (Å²) in [5, 5.41) is 12.7. The molecule has 0 rings (SSSR count). The second-order valence-corrected chi connectivity index (χ2v) is 18.2. The minimum Gasteiger partial charge on any atom is -0.463 e. The Kier molecular flexibility index (Phi) is 46.9. The van der Waals surface area contributed by atoms with Gasteiger partial charge in [-0.3, -0.25) is 18.6 Å². The van der Waals surface area contributed by atoms with Crippen molar-refractivity contribution < 1.29 is 37.9 Å². The van der Waals surface area contributed by atoms with Gasteiger partial charge in [-0.25, -0.2) is 4.57 Å². The molecule has 0 radical (unpaired) electrons. The molecule has 0 aliphatic heterocycles. The summed E-state index contributed by atoms with van der Waals surface area (Å²) in [4.78, 5) is 34.1. The summed E-state index contributed by atoms with van der Waals surface area (Å²) < 4.78 is 27.0. The van der Waals surface area contributed by atoms with Crippen molar-refractivity contribution >= 4 is 19.7 Å². The highest BCUT2D eigenvalue weighted by Crippen LogP contribution is 2.42. The first-order valence-electron chi connectivity index (χ1n) is 25.4. The van der Waals surface area contributed by atoms with E-state index >= 15 is 0 Å². The molecular weight excluding hydrogens is 810 g/mol. The lowest BCUT2D eigenvalue weighted by Crippen LogP contribution is -2.27. The van der Waals surface area contributed by atoms with E-state index < -0.39 is 26.5 Å². The quantitative estimate of drug-likeness (QED) is 0.0238. The highest BCUT2D eigenvalue weighted by atomic mass is 31.2. The number of carbonyl (C=O) groups is 2. The third-order valence-corrected chi connectivity index (χ3v) is 11.6. The molecule has 2 atom stereocenters. The number of allylic oxidation sites excluding steroid dienone is 12. The zero-order valence-electron chi connectivity index (χ0n) is 40.3. The number of rotatable bonds is 47. The van der Waals surface area contributed by atoms with Crippen LogP contribution < -0.4 is 5.32 Å². The van der Waals surface area contributed by atoms with Crippen molar-refractivity contribution in [2.24, 2.45) is 0 Å². The van der Waals surface area contributed by atoms with Gasteiger partial charge >= 0.3 is 13.8 Å². The normalized spacial score (nSPS) is 13.8. The second-order valence-electron chi connectivity index (χ2n) is 16.8. The number of phosphoric ester groups is 1.